The third-order valence-electron chi connectivity index (χ3n) is 2.92. The van der Waals surface area contributed by atoms with Gasteiger partial charge >= 0.3 is 0 Å². The predicted molar refractivity (Wildman–Crippen MR) is 92.8 cm³/mol. The molecule has 0 spiro atoms. The Hall–Kier alpha value is -0.250. The van der Waals surface area contributed by atoms with Crippen molar-refractivity contribution in [3.8, 4) is 0 Å². The van der Waals surface area contributed by atoms with Crippen LogP contribution in [-0.2, 0) is 23.1 Å². The fourth-order valence-electron chi connectivity index (χ4n) is 1.81. The number of aryl methyl sites for hydroxylation is 1. The van der Waals surface area contributed by atoms with E-state index in [2.05, 4.69) is 36.6 Å². The number of hydrogen-bond acceptors (Lipinski definition) is 4. The Labute approximate surface area is 145 Å². The highest BCUT2D eigenvalue weighted by Crippen LogP contribution is 2.28. The lowest BCUT2D eigenvalue weighted by Crippen LogP contribution is -2.24. The summed E-state index contributed by atoms with van der Waals surface area (Å²) < 4.78 is 29.1. The van der Waals surface area contributed by atoms with Gasteiger partial charge in [0, 0.05) is 26.9 Å². The van der Waals surface area contributed by atoms with E-state index in [1.54, 1.807) is 6.07 Å². The Morgan fingerprint density at radius 1 is 1.33 bits per heavy atom. The van der Waals surface area contributed by atoms with Crippen molar-refractivity contribution in [1.29, 1.82) is 0 Å². The van der Waals surface area contributed by atoms with E-state index in [4.69, 9.17) is 5.73 Å². The minimum absolute atomic E-state index is 0.218. The van der Waals surface area contributed by atoms with Crippen LogP contribution in [-0.4, -0.2) is 8.42 Å². The molecule has 0 fully saturated rings. The van der Waals surface area contributed by atoms with Crippen molar-refractivity contribution in [2.75, 3.05) is 0 Å². The summed E-state index contributed by atoms with van der Waals surface area (Å²) >= 11 is 8.23. The molecule has 0 saturated heterocycles. The SMILES string of the molecule is Cc1cc(CN)cc(S(=O)(=O)NCc2sccc2Br)c1Br. The number of thiophene rings is 1. The van der Waals surface area contributed by atoms with Gasteiger partial charge in [0.1, 0.15) is 0 Å². The van der Waals surface area contributed by atoms with E-state index in [9.17, 15) is 8.42 Å². The zero-order chi connectivity index (χ0) is 15.6. The molecule has 4 nitrogen and oxygen atoms in total. The smallest absolute Gasteiger partial charge is 0.242 e. The molecular formula is C13H14Br2N2O2S2. The standard InChI is InChI=1S/C13H14Br2N2O2S2/c1-8-4-9(6-16)5-12(13(8)15)21(18,19)17-7-11-10(14)2-3-20-11/h2-5,17H,6-7,16H2,1H3. The number of nitrogens with one attached hydrogen (secondary N) is 1. The van der Waals surface area contributed by atoms with Crippen LogP contribution in [0.15, 0.2) is 37.4 Å². The number of sulfonamides is 1. The minimum Gasteiger partial charge on any atom is -0.326 e. The first-order chi connectivity index (χ1) is 9.85. The lowest BCUT2D eigenvalue weighted by atomic mass is 10.1. The first-order valence-corrected chi connectivity index (χ1v) is 10.0. The number of benzene rings is 1. The molecule has 1 heterocycles. The average Bonchev–Trinajstić information content (AvgIpc) is 2.84. The number of rotatable bonds is 5. The van der Waals surface area contributed by atoms with Crippen molar-refractivity contribution in [1.82, 2.24) is 4.72 Å². The Morgan fingerprint density at radius 2 is 2.05 bits per heavy atom. The molecule has 0 radical (unpaired) electrons. The summed E-state index contributed by atoms with van der Waals surface area (Å²) in [4.78, 5) is 1.15. The minimum atomic E-state index is -3.61. The van der Waals surface area contributed by atoms with Crippen LogP contribution in [0.3, 0.4) is 0 Å². The summed E-state index contributed by atoms with van der Waals surface area (Å²) in [7, 11) is -3.61. The molecule has 0 atom stereocenters. The zero-order valence-corrected chi connectivity index (χ0v) is 16.0. The summed E-state index contributed by atoms with van der Waals surface area (Å²) in [5, 5.41) is 1.91. The normalized spacial score (nSPS) is 11.8. The molecule has 114 valence electrons. The van der Waals surface area contributed by atoms with Crippen LogP contribution >= 0.6 is 43.2 Å². The second kappa shape index (κ2) is 6.89. The summed E-state index contributed by atoms with van der Waals surface area (Å²) in [6.45, 7) is 2.39. The van der Waals surface area contributed by atoms with Gasteiger partial charge in [-0.05, 0) is 67.4 Å². The molecule has 0 amide bonds. The van der Waals surface area contributed by atoms with Gasteiger partial charge in [0.15, 0.2) is 0 Å². The molecule has 1 aromatic heterocycles. The first-order valence-electron chi connectivity index (χ1n) is 6.05. The van der Waals surface area contributed by atoms with E-state index >= 15 is 0 Å². The fraction of sp³-hybridized carbons (Fsp3) is 0.231. The molecule has 0 saturated carbocycles. The van der Waals surface area contributed by atoms with E-state index in [-0.39, 0.29) is 11.4 Å². The second-order valence-electron chi connectivity index (χ2n) is 4.45. The van der Waals surface area contributed by atoms with E-state index in [0.717, 1.165) is 20.5 Å². The van der Waals surface area contributed by atoms with Gasteiger partial charge in [-0.2, -0.15) is 0 Å². The van der Waals surface area contributed by atoms with Crippen molar-refractivity contribution in [2.45, 2.75) is 24.9 Å². The third kappa shape index (κ3) is 3.94. The molecule has 0 unspecified atom stereocenters. The lowest BCUT2D eigenvalue weighted by molar-refractivity contribution is 0.581. The number of nitrogens with two attached hydrogens (primary N) is 1. The van der Waals surface area contributed by atoms with Crippen LogP contribution in [0.1, 0.15) is 16.0 Å². The molecular weight excluding hydrogens is 440 g/mol. The highest BCUT2D eigenvalue weighted by atomic mass is 79.9. The van der Waals surface area contributed by atoms with Gasteiger partial charge in [-0.25, -0.2) is 13.1 Å². The van der Waals surface area contributed by atoms with Crippen LogP contribution in [0.5, 0.6) is 0 Å². The van der Waals surface area contributed by atoms with Gasteiger partial charge in [-0.3, -0.25) is 0 Å². The van der Waals surface area contributed by atoms with E-state index < -0.39 is 10.0 Å². The molecule has 2 rings (SSSR count). The summed E-state index contributed by atoms with van der Waals surface area (Å²) in [5.41, 5.74) is 7.25. The van der Waals surface area contributed by atoms with Gasteiger partial charge in [-0.1, -0.05) is 6.07 Å². The highest BCUT2D eigenvalue weighted by molar-refractivity contribution is 9.10. The third-order valence-corrected chi connectivity index (χ3v) is 7.59. The largest absolute Gasteiger partial charge is 0.326 e. The van der Waals surface area contributed by atoms with Crippen molar-refractivity contribution in [3.05, 3.63) is 48.5 Å². The Kier molecular flexibility index (Phi) is 5.61. The molecule has 0 aliphatic carbocycles. The summed E-state index contributed by atoms with van der Waals surface area (Å²) in [6.07, 6.45) is 0. The first kappa shape index (κ1) is 17.1. The Balaban J connectivity index is 2.31. The molecule has 1 aromatic carbocycles. The molecule has 8 heteroatoms. The van der Waals surface area contributed by atoms with Crippen LogP contribution in [0.2, 0.25) is 0 Å². The monoisotopic (exact) mass is 452 g/mol. The van der Waals surface area contributed by atoms with Crippen LogP contribution in [0.25, 0.3) is 0 Å². The highest BCUT2D eigenvalue weighted by Gasteiger charge is 2.20. The Bertz CT molecular complexity index is 758. The van der Waals surface area contributed by atoms with Crippen LogP contribution in [0.4, 0.5) is 0 Å². The van der Waals surface area contributed by atoms with Crippen molar-refractivity contribution >= 4 is 53.2 Å². The van der Waals surface area contributed by atoms with Crippen molar-refractivity contribution in [3.63, 3.8) is 0 Å². The molecule has 2 aromatic rings. The summed E-state index contributed by atoms with van der Waals surface area (Å²) in [5.74, 6) is 0. The van der Waals surface area contributed by atoms with Gasteiger partial charge in [-0.15, -0.1) is 11.3 Å². The molecule has 0 aliphatic heterocycles. The fourth-order valence-corrected chi connectivity index (χ4v) is 5.40. The van der Waals surface area contributed by atoms with Crippen LogP contribution in [0, 0.1) is 6.92 Å². The summed E-state index contributed by atoms with van der Waals surface area (Å²) in [6, 6.07) is 5.37. The lowest BCUT2D eigenvalue weighted by Gasteiger charge is -2.12. The van der Waals surface area contributed by atoms with E-state index in [0.29, 0.717) is 11.0 Å². The molecule has 0 aliphatic rings. The van der Waals surface area contributed by atoms with Crippen LogP contribution < -0.4 is 10.5 Å². The van der Waals surface area contributed by atoms with Crippen molar-refractivity contribution < 1.29 is 8.42 Å². The second-order valence-corrected chi connectivity index (χ2v) is 8.83. The van der Waals surface area contributed by atoms with Gasteiger partial charge in [0.05, 0.1) is 4.90 Å². The maximum Gasteiger partial charge on any atom is 0.242 e. The van der Waals surface area contributed by atoms with Crippen molar-refractivity contribution in [2.24, 2.45) is 5.73 Å². The Morgan fingerprint density at radius 3 is 2.62 bits per heavy atom. The topological polar surface area (TPSA) is 72.2 Å². The molecule has 3 N–H and O–H groups in total. The molecule has 21 heavy (non-hydrogen) atoms. The van der Waals surface area contributed by atoms with Gasteiger partial charge < -0.3 is 5.73 Å². The maximum atomic E-state index is 12.5. The number of halogens is 2. The predicted octanol–water partition coefficient (Wildman–Crippen LogP) is 3.52. The van der Waals surface area contributed by atoms with E-state index in [1.165, 1.54) is 11.3 Å². The van der Waals surface area contributed by atoms with Gasteiger partial charge in [0.25, 0.3) is 0 Å². The number of hydrogen-bond donors (Lipinski definition) is 2. The van der Waals surface area contributed by atoms with E-state index in [1.807, 2.05) is 24.4 Å². The molecule has 0 bridgehead atoms. The quantitative estimate of drug-likeness (QED) is 0.727. The average molecular weight is 454 g/mol. The van der Waals surface area contributed by atoms with Gasteiger partial charge in [0.2, 0.25) is 10.0 Å². The zero-order valence-electron chi connectivity index (χ0n) is 11.2. The maximum absolute atomic E-state index is 12.5.